The lowest BCUT2D eigenvalue weighted by molar-refractivity contribution is -0.502. The molecule has 0 spiro atoms. The molecule has 0 aliphatic carbocycles. The maximum Gasteiger partial charge on any atom is 0.355 e. The Balaban J connectivity index is 2.04. The second-order valence-corrected chi connectivity index (χ2v) is 5.57. The van der Waals surface area contributed by atoms with Crippen molar-refractivity contribution >= 4 is 11.6 Å². The lowest BCUT2D eigenvalue weighted by atomic mass is 10.2. The smallest absolute Gasteiger partial charge is 0.355 e. The van der Waals surface area contributed by atoms with Crippen molar-refractivity contribution in [1.29, 1.82) is 0 Å². The fourth-order valence-corrected chi connectivity index (χ4v) is 3.15. The summed E-state index contributed by atoms with van der Waals surface area (Å²) in [6, 6.07) is 4.48. The van der Waals surface area contributed by atoms with E-state index in [1.165, 1.54) is 25.0 Å². The van der Waals surface area contributed by atoms with E-state index in [0.29, 0.717) is 5.69 Å². The molecule has 0 radical (unpaired) electrons. The van der Waals surface area contributed by atoms with Crippen LogP contribution in [0, 0.1) is 0 Å². The van der Waals surface area contributed by atoms with E-state index in [1.54, 1.807) is 6.07 Å². The number of anilines is 1. The molecule has 0 unspecified atom stereocenters. The zero-order valence-corrected chi connectivity index (χ0v) is 11.9. The summed E-state index contributed by atoms with van der Waals surface area (Å²) in [5.74, 6) is 1.22. The summed E-state index contributed by atoms with van der Waals surface area (Å²) in [5, 5.41) is 21.8. The summed E-state index contributed by atoms with van der Waals surface area (Å²) >= 11 is 0. The van der Waals surface area contributed by atoms with Crippen molar-refractivity contribution in [3.05, 3.63) is 18.2 Å². The fourth-order valence-electron chi connectivity index (χ4n) is 3.15. The van der Waals surface area contributed by atoms with Crippen LogP contribution in [0.15, 0.2) is 18.2 Å². The molecule has 0 atom stereocenters. The van der Waals surface area contributed by atoms with Crippen molar-refractivity contribution in [2.45, 2.75) is 19.3 Å². The van der Waals surface area contributed by atoms with Crippen molar-refractivity contribution in [2.75, 3.05) is 38.1 Å². The standard InChI is InChI=1S/C15H21N3O2/c1-16-7-2-3-8-17-9-4-10-18(15(16)17)13-11-12(19)5-6-14(13)20/h5-6,11H,2-4,7-10H2,1H3,(H-,19,20). The summed E-state index contributed by atoms with van der Waals surface area (Å²) in [7, 11) is 2.08. The van der Waals surface area contributed by atoms with Gasteiger partial charge in [-0.05, 0) is 18.9 Å². The predicted molar refractivity (Wildman–Crippen MR) is 76.4 cm³/mol. The largest absolute Gasteiger partial charge is 0.870 e. The van der Waals surface area contributed by atoms with E-state index in [0.717, 1.165) is 38.6 Å². The van der Waals surface area contributed by atoms with Gasteiger partial charge in [0.05, 0.1) is 38.9 Å². The van der Waals surface area contributed by atoms with Crippen LogP contribution >= 0.6 is 0 Å². The molecule has 2 aliphatic rings. The summed E-state index contributed by atoms with van der Waals surface area (Å²) in [6.07, 6.45) is 3.40. The SMILES string of the molecule is C[N+]1=C2N(CCCC1)CCCN2c1cc(O)ccc1[O-]. The Kier molecular flexibility index (Phi) is 3.42. The second kappa shape index (κ2) is 5.23. The molecular weight excluding hydrogens is 254 g/mol. The van der Waals surface area contributed by atoms with Crippen molar-refractivity contribution in [2.24, 2.45) is 0 Å². The van der Waals surface area contributed by atoms with Gasteiger partial charge in [-0.3, -0.25) is 9.48 Å². The first-order valence-electron chi connectivity index (χ1n) is 7.27. The molecule has 1 saturated heterocycles. The Bertz CT molecular complexity index is 542. The quantitative estimate of drug-likeness (QED) is 0.769. The van der Waals surface area contributed by atoms with Gasteiger partial charge in [-0.1, -0.05) is 11.8 Å². The molecule has 0 amide bonds. The predicted octanol–water partition coefficient (Wildman–Crippen LogP) is 0.770. The molecule has 0 bridgehead atoms. The van der Waals surface area contributed by atoms with E-state index in [1.807, 2.05) is 0 Å². The van der Waals surface area contributed by atoms with Gasteiger partial charge >= 0.3 is 5.96 Å². The molecule has 3 rings (SSSR count). The summed E-state index contributed by atoms with van der Waals surface area (Å²) in [5.41, 5.74) is 0.582. The van der Waals surface area contributed by atoms with Crippen LogP contribution < -0.4 is 10.0 Å². The van der Waals surface area contributed by atoms with Gasteiger partial charge in [0, 0.05) is 12.5 Å². The lowest BCUT2D eigenvalue weighted by Crippen LogP contribution is -2.54. The van der Waals surface area contributed by atoms with E-state index in [4.69, 9.17) is 0 Å². The number of benzene rings is 1. The number of phenols is 1. The van der Waals surface area contributed by atoms with Crippen LogP contribution in [0.5, 0.6) is 11.5 Å². The molecule has 0 saturated carbocycles. The van der Waals surface area contributed by atoms with Gasteiger partial charge in [-0.15, -0.1) is 0 Å². The monoisotopic (exact) mass is 275 g/mol. The first-order chi connectivity index (χ1) is 9.66. The second-order valence-electron chi connectivity index (χ2n) is 5.57. The highest BCUT2D eigenvalue weighted by molar-refractivity contribution is 5.95. The van der Waals surface area contributed by atoms with Gasteiger partial charge in [0.15, 0.2) is 0 Å². The molecule has 2 aliphatic heterocycles. The molecule has 2 heterocycles. The van der Waals surface area contributed by atoms with Crippen molar-refractivity contribution in [3.63, 3.8) is 0 Å². The zero-order chi connectivity index (χ0) is 14.1. The van der Waals surface area contributed by atoms with E-state index >= 15 is 0 Å². The van der Waals surface area contributed by atoms with Crippen LogP contribution in [0.3, 0.4) is 0 Å². The Morgan fingerprint density at radius 1 is 1.15 bits per heavy atom. The molecule has 1 aromatic carbocycles. The van der Waals surface area contributed by atoms with Gasteiger partial charge in [0.2, 0.25) is 0 Å². The van der Waals surface area contributed by atoms with Gasteiger partial charge in [-0.25, -0.2) is 4.90 Å². The van der Waals surface area contributed by atoms with Crippen LogP contribution in [0.2, 0.25) is 0 Å². The third-order valence-electron chi connectivity index (χ3n) is 4.08. The van der Waals surface area contributed by atoms with Gasteiger partial charge in [0.1, 0.15) is 5.75 Å². The molecule has 108 valence electrons. The Hall–Kier alpha value is -1.91. The third-order valence-corrected chi connectivity index (χ3v) is 4.08. The minimum absolute atomic E-state index is 0.0326. The highest BCUT2D eigenvalue weighted by Crippen LogP contribution is 2.31. The normalized spacial score (nSPS) is 19.9. The number of phenolic OH excluding ortho intramolecular Hbond substituents is 1. The van der Waals surface area contributed by atoms with Crippen LogP contribution in [-0.4, -0.2) is 53.8 Å². The van der Waals surface area contributed by atoms with E-state index in [-0.39, 0.29) is 11.5 Å². The number of hydrogen-bond donors (Lipinski definition) is 1. The first-order valence-corrected chi connectivity index (χ1v) is 7.27. The summed E-state index contributed by atoms with van der Waals surface area (Å²) in [4.78, 5) is 4.43. The highest BCUT2D eigenvalue weighted by atomic mass is 16.3. The van der Waals surface area contributed by atoms with Crippen LogP contribution in [0.25, 0.3) is 0 Å². The Labute approximate surface area is 119 Å². The lowest BCUT2D eigenvalue weighted by Gasteiger charge is -2.34. The van der Waals surface area contributed by atoms with Crippen LogP contribution in [0.4, 0.5) is 5.69 Å². The molecule has 1 N–H and O–H groups in total. The number of guanidine groups is 1. The zero-order valence-electron chi connectivity index (χ0n) is 11.9. The maximum atomic E-state index is 12.1. The first kappa shape index (κ1) is 13.1. The Morgan fingerprint density at radius 2 is 1.95 bits per heavy atom. The van der Waals surface area contributed by atoms with Crippen LogP contribution in [0.1, 0.15) is 19.3 Å². The molecule has 20 heavy (non-hydrogen) atoms. The average Bonchev–Trinajstić information content (AvgIpc) is 2.64. The van der Waals surface area contributed by atoms with E-state index in [9.17, 15) is 10.2 Å². The summed E-state index contributed by atoms with van der Waals surface area (Å²) in [6.45, 7) is 3.93. The highest BCUT2D eigenvalue weighted by Gasteiger charge is 2.35. The Morgan fingerprint density at radius 3 is 2.80 bits per heavy atom. The average molecular weight is 275 g/mol. The number of hydrogen-bond acceptors (Lipinski definition) is 4. The van der Waals surface area contributed by atoms with Crippen molar-refractivity contribution < 1.29 is 14.8 Å². The maximum absolute atomic E-state index is 12.1. The molecular formula is C15H21N3O2. The number of fused-ring (bicyclic) bond motifs is 1. The number of nitrogens with zero attached hydrogens (tertiary/aromatic N) is 3. The minimum atomic E-state index is -0.0326. The van der Waals surface area contributed by atoms with Crippen molar-refractivity contribution in [3.8, 4) is 11.5 Å². The molecule has 1 aromatic rings. The minimum Gasteiger partial charge on any atom is -0.870 e. The fraction of sp³-hybridized carbons (Fsp3) is 0.533. The van der Waals surface area contributed by atoms with Crippen LogP contribution in [-0.2, 0) is 0 Å². The molecule has 0 aromatic heterocycles. The molecule has 5 nitrogen and oxygen atoms in total. The van der Waals surface area contributed by atoms with Gasteiger partial charge in [0.25, 0.3) is 0 Å². The van der Waals surface area contributed by atoms with Crippen molar-refractivity contribution in [1.82, 2.24) is 4.90 Å². The third kappa shape index (κ3) is 2.28. The van der Waals surface area contributed by atoms with E-state index in [2.05, 4.69) is 21.4 Å². The van der Waals surface area contributed by atoms with Gasteiger partial charge in [-0.2, -0.15) is 0 Å². The number of rotatable bonds is 1. The van der Waals surface area contributed by atoms with Gasteiger partial charge < -0.3 is 10.2 Å². The summed E-state index contributed by atoms with van der Waals surface area (Å²) < 4.78 is 2.23. The number of aromatic hydroxyl groups is 1. The molecule has 1 fully saturated rings. The topological polar surface area (TPSA) is 52.8 Å². The molecule has 5 heteroatoms. The van der Waals surface area contributed by atoms with E-state index < -0.39 is 0 Å².